The van der Waals surface area contributed by atoms with Crippen LogP contribution in [0.15, 0.2) is 12.1 Å². The predicted octanol–water partition coefficient (Wildman–Crippen LogP) is 3.79. The number of H-pyrrole nitrogens is 1. The highest BCUT2D eigenvalue weighted by Gasteiger charge is 2.49. The minimum atomic E-state index is 0.0736. The smallest absolute Gasteiger partial charge is 0.0219 e. The Morgan fingerprint density at radius 3 is 2.20 bits per heavy atom. The molecule has 3 N–H and O–H groups in total. The Morgan fingerprint density at radius 2 is 1.65 bits per heavy atom. The molecule has 4 aliphatic rings. The summed E-state index contributed by atoms with van der Waals surface area (Å²) in [6.07, 6.45) is 7.51. The van der Waals surface area contributed by atoms with Gasteiger partial charge in [0.15, 0.2) is 0 Å². The van der Waals surface area contributed by atoms with E-state index in [0.29, 0.717) is 6.54 Å². The lowest BCUT2D eigenvalue weighted by atomic mass is 9.51. The summed E-state index contributed by atoms with van der Waals surface area (Å²) < 4.78 is 0. The zero-order valence-electron chi connectivity index (χ0n) is 12.9. The molecule has 20 heavy (non-hydrogen) atoms. The highest BCUT2D eigenvalue weighted by atomic mass is 14.8. The second-order valence-electron chi connectivity index (χ2n) is 8.37. The van der Waals surface area contributed by atoms with Gasteiger partial charge in [0, 0.05) is 29.3 Å². The monoisotopic (exact) mass is 272 g/mol. The molecule has 0 spiro atoms. The molecule has 0 saturated heterocycles. The highest BCUT2D eigenvalue weighted by molar-refractivity contribution is 5.25. The van der Waals surface area contributed by atoms with Crippen molar-refractivity contribution in [1.29, 1.82) is 0 Å². The van der Waals surface area contributed by atoms with E-state index in [1.807, 2.05) is 0 Å². The molecular weight excluding hydrogens is 244 g/mol. The van der Waals surface area contributed by atoms with Gasteiger partial charge in [0.2, 0.25) is 0 Å². The molecular formula is C18H28N2. The molecule has 1 aromatic heterocycles. The molecule has 1 aromatic rings. The van der Waals surface area contributed by atoms with Gasteiger partial charge < -0.3 is 10.7 Å². The van der Waals surface area contributed by atoms with Crippen molar-refractivity contribution in [2.75, 3.05) is 6.54 Å². The van der Waals surface area contributed by atoms with E-state index >= 15 is 0 Å². The second-order valence-corrected chi connectivity index (χ2v) is 8.37. The number of aromatic amines is 1. The summed E-state index contributed by atoms with van der Waals surface area (Å²) in [5, 5.41) is 0. The number of hydrogen-bond acceptors (Lipinski definition) is 1. The molecule has 0 amide bonds. The van der Waals surface area contributed by atoms with Gasteiger partial charge in [0.1, 0.15) is 0 Å². The van der Waals surface area contributed by atoms with Gasteiger partial charge in [-0.25, -0.2) is 0 Å². The molecule has 0 unspecified atom stereocenters. The molecule has 0 aromatic carbocycles. The number of nitrogens with two attached hydrogens (primary N) is 1. The Bertz CT molecular complexity index is 471. The first-order chi connectivity index (χ1) is 9.56. The fourth-order valence-electron chi connectivity index (χ4n) is 5.54. The summed E-state index contributed by atoms with van der Waals surface area (Å²) in [7, 11) is 0. The SMILES string of the molecule is CC(C)(CN)c1ccc(C2C3CC4CC(C3)CC2C4)[nH]1. The molecule has 2 nitrogen and oxygen atoms in total. The van der Waals surface area contributed by atoms with E-state index < -0.39 is 0 Å². The largest absolute Gasteiger partial charge is 0.362 e. The molecule has 110 valence electrons. The standard InChI is InChI=1S/C18H28N2/c1-18(2,10-19)16-4-3-15(20-16)17-13-6-11-5-12(8-13)9-14(17)7-11/h3-4,11-14,17,20H,5-10,19H2,1-2H3. The molecule has 4 aliphatic carbocycles. The summed E-state index contributed by atoms with van der Waals surface area (Å²) in [6.45, 7) is 5.17. The van der Waals surface area contributed by atoms with E-state index in [0.717, 1.165) is 29.6 Å². The van der Waals surface area contributed by atoms with Crippen LogP contribution in [-0.4, -0.2) is 11.5 Å². The molecule has 4 saturated carbocycles. The maximum absolute atomic E-state index is 5.92. The van der Waals surface area contributed by atoms with Gasteiger partial charge in [0.25, 0.3) is 0 Å². The fourth-order valence-corrected chi connectivity index (χ4v) is 5.54. The van der Waals surface area contributed by atoms with E-state index in [2.05, 4.69) is 31.0 Å². The first-order valence-electron chi connectivity index (χ1n) is 8.46. The van der Waals surface area contributed by atoms with Crippen molar-refractivity contribution in [2.24, 2.45) is 29.4 Å². The molecule has 0 atom stereocenters. The Kier molecular flexibility index (Phi) is 2.82. The van der Waals surface area contributed by atoms with E-state index in [1.165, 1.54) is 43.5 Å². The number of rotatable bonds is 3. The first kappa shape index (κ1) is 12.9. The highest BCUT2D eigenvalue weighted by Crippen LogP contribution is 2.59. The molecule has 4 bridgehead atoms. The van der Waals surface area contributed by atoms with Crippen LogP contribution in [0.3, 0.4) is 0 Å². The van der Waals surface area contributed by atoms with Crippen LogP contribution in [0.2, 0.25) is 0 Å². The third-order valence-corrected chi connectivity index (χ3v) is 6.53. The van der Waals surface area contributed by atoms with Crippen molar-refractivity contribution in [3.05, 3.63) is 23.5 Å². The molecule has 1 heterocycles. The maximum Gasteiger partial charge on any atom is 0.0219 e. The zero-order chi connectivity index (χ0) is 13.9. The normalized spacial score (nSPS) is 39.5. The quantitative estimate of drug-likeness (QED) is 0.863. The van der Waals surface area contributed by atoms with Crippen LogP contribution in [0.25, 0.3) is 0 Å². The van der Waals surface area contributed by atoms with E-state index in [1.54, 1.807) is 0 Å². The van der Waals surface area contributed by atoms with Gasteiger partial charge in [-0.2, -0.15) is 0 Å². The van der Waals surface area contributed by atoms with Gasteiger partial charge in [-0.1, -0.05) is 13.8 Å². The van der Waals surface area contributed by atoms with Crippen molar-refractivity contribution in [1.82, 2.24) is 4.98 Å². The van der Waals surface area contributed by atoms with Crippen LogP contribution < -0.4 is 5.73 Å². The Morgan fingerprint density at radius 1 is 1.05 bits per heavy atom. The van der Waals surface area contributed by atoms with Crippen molar-refractivity contribution in [2.45, 2.75) is 57.3 Å². The lowest BCUT2D eigenvalue weighted by molar-refractivity contribution is -0.00405. The van der Waals surface area contributed by atoms with Gasteiger partial charge in [-0.15, -0.1) is 0 Å². The van der Waals surface area contributed by atoms with Crippen molar-refractivity contribution in [3.63, 3.8) is 0 Å². The predicted molar refractivity (Wildman–Crippen MR) is 82.7 cm³/mol. The van der Waals surface area contributed by atoms with Gasteiger partial charge in [0.05, 0.1) is 0 Å². The van der Waals surface area contributed by atoms with Crippen LogP contribution in [-0.2, 0) is 5.41 Å². The van der Waals surface area contributed by atoms with Crippen LogP contribution in [0.5, 0.6) is 0 Å². The van der Waals surface area contributed by atoms with Crippen LogP contribution in [0.1, 0.15) is 63.3 Å². The molecule has 2 heteroatoms. The fraction of sp³-hybridized carbons (Fsp3) is 0.778. The Hall–Kier alpha value is -0.760. The van der Waals surface area contributed by atoms with Gasteiger partial charge in [-0.3, -0.25) is 0 Å². The zero-order valence-corrected chi connectivity index (χ0v) is 12.9. The number of aromatic nitrogens is 1. The summed E-state index contributed by atoms with van der Waals surface area (Å²) >= 11 is 0. The second kappa shape index (κ2) is 4.37. The lowest BCUT2D eigenvalue weighted by Crippen LogP contribution is -2.43. The van der Waals surface area contributed by atoms with Gasteiger partial charge >= 0.3 is 0 Å². The van der Waals surface area contributed by atoms with E-state index in [4.69, 9.17) is 5.73 Å². The Balaban J connectivity index is 1.62. The minimum absolute atomic E-state index is 0.0736. The van der Waals surface area contributed by atoms with Crippen LogP contribution in [0.4, 0.5) is 0 Å². The van der Waals surface area contributed by atoms with Crippen LogP contribution >= 0.6 is 0 Å². The summed E-state index contributed by atoms with van der Waals surface area (Å²) in [6, 6.07) is 4.65. The summed E-state index contributed by atoms with van der Waals surface area (Å²) in [4.78, 5) is 3.75. The third-order valence-electron chi connectivity index (χ3n) is 6.53. The van der Waals surface area contributed by atoms with E-state index in [-0.39, 0.29) is 5.41 Å². The van der Waals surface area contributed by atoms with E-state index in [9.17, 15) is 0 Å². The van der Waals surface area contributed by atoms with Crippen molar-refractivity contribution >= 4 is 0 Å². The van der Waals surface area contributed by atoms with Crippen LogP contribution in [0, 0.1) is 23.7 Å². The summed E-state index contributed by atoms with van der Waals surface area (Å²) in [5.74, 6) is 4.84. The third kappa shape index (κ3) is 1.88. The number of hydrogen-bond donors (Lipinski definition) is 2. The molecule has 5 rings (SSSR count). The first-order valence-corrected chi connectivity index (χ1v) is 8.46. The average Bonchev–Trinajstić information content (AvgIpc) is 2.88. The molecule has 0 aliphatic heterocycles. The maximum atomic E-state index is 5.92. The molecule has 0 radical (unpaired) electrons. The topological polar surface area (TPSA) is 41.8 Å². The lowest BCUT2D eigenvalue weighted by Gasteiger charge is -2.54. The molecule has 4 fully saturated rings. The van der Waals surface area contributed by atoms with Crippen molar-refractivity contribution < 1.29 is 0 Å². The van der Waals surface area contributed by atoms with Crippen molar-refractivity contribution in [3.8, 4) is 0 Å². The summed E-state index contributed by atoms with van der Waals surface area (Å²) in [5.41, 5.74) is 8.83. The van der Waals surface area contributed by atoms with Gasteiger partial charge in [-0.05, 0) is 67.9 Å². The Labute approximate surface area is 122 Å². The minimum Gasteiger partial charge on any atom is -0.362 e. The number of nitrogens with one attached hydrogen (secondary N) is 1. The average molecular weight is 272 g/mol.